The Kier molecular flexibility index (Phi) is 4.04. The standard InChI is InChI=1S/C13H20N2O2S/c1-2-12-4-3-9-15(12)18(16,17)13-7-5-11(10-14)6-8-13/h5-8,12H,2-4,9-10,14H2,1H3. The molecule has 1 atom stereocenters. The van der Waals surface area contributed by atoms with Crippen molar-refractivity contribution in [1.29, 1.82) is 0 Å². The van der Waals surface area contributed by atoms with E-state index in [1.54, 1.807) is 28.6 Å². The van der Waals surface area contributed by atoms with Gasteiger partial charge in [-0.3, -0.25) is 0 Å². The van der Waals surface area contributed by atoms with E-state index in [0.29, 0.717) is 18.0 Å². The minimum atomic E-state index is -3.33. The lowest BCUT2D eigenvalue weighted by molar-refractivity contribution is 0.379. The van der Waals surface area contributed by atoms with Crippen molar-refractivity contribution in [2.45, 2.75) is 43.7 Å². The number of nitrogens with two attached hydrogens (primary N) is 1. The Labute approximate surface area is 109 Å². The first-order valence-electron chi connectivity index (χ1n) is 6.40. The summed E-state index contributed by atoms with van der Waals surface area (Å²) in [5.74, 6) is 0. The molecular formula is C13H20N2O2S. The predicted molar refractivity (Wildman–Crippen MR) is 71.5 cm³/mol. The van der Waals surface area contributed by atoms with Crippen LogP contribution in [0.4, 0.5) is 0 Å². The minimum Gasteiger partial charge on any atom is -0.326 e. The first-order valence-corrected chi connectivity index (χ1v) is 7.84. The highest BCUT2D eigenvalue weighted by molar-refractivity contribution is 7.89. The molecule has 5 heteroatoms. The van der Waals surface area contributed by atoms with Gasteiger partial charge >= 0.3 is 0 Å². The summed E-state index contributed by atoms with van der Waals surface area (Å²) in [5, 5.41) is 0. The van der Waals surface area contributed by atoms with Gasteiger partial charge < -0.3 is 5.73 Å². The fraction of sp³-hybridized carbons (Fsp3) is 0.538. The maximum atomic E-state index is 12.5. The summed E-state index contributed by atoms with van der Waals surface area (Å²) in [6.07, 6.45) is 2.80. The molecule has 18 heavy (non-hydrogen) atoms. The lowest BCUT2D eigenvalue weighted by atomic mass is 10.2. The van der Waals surface area contributed by atoms with Crippen molar-refractivity contribution in [2.75, 3.05) is 6.54 Å². The molecule has 0 aromatic heterocycles. The maximum Gasteiger partial charge on any atom is 0.243 e. The number of benzene rings is 1. The number of sulfonamides is 1. The zero-order chi connectivity index (χ0) is 13.2. The van der Waals surface area contributed by atoms with Crippen LogP contribution in [0.2, 0.25) is 0 Å². The van der Waals surface area contributed by atoms with Gasteiger partial charge in [0, 0.05) is 19.1 Å². The van der Waals surface area contributed by atoms with E-state index in [2.05, 4.69) is 0 Å². The Morgan fingerprint density at radius 1 is 1.33 bits per heavy atom. The van der Waals surface area contributed by atoms with Crippen LogP contribution in [0.3, 0.4) is 0 Å². The van der Waals surface area contributed by atoms with Crippen molar-refractivity contribution in [2.24, 2.45) is 5.73 Å². The molecule has 1 heterocycles. The van der Waals surface area contributed by atoms with Crippen molar-refractivity contribution in [3.8, 4) is 0 Å². The third-order valence-corrected chi connectivity index (χ3v) is 5.53. The number of hydrogen-bond acceptors (Lipinski definition) is 3. The number of nitrogens with zero attached hydrogens (tertiary/aromatic N) is 1. The summed E-state index contributed by atoms with van der Waals surface area (Å²) >= 11 is 0. The highest BCUT2D eigenvalue weighted by Gasteiger charge is 2.33. The van der Waals surface area contributed by atoms with Crippen LogP contribution in [-0.2, 0) is 16.6 Å². The first kappa shape index (κ1) is 13.5. The maximum absolute atomic E-state index is 12.5. The van der Waals surface area contributed by atoms with E-state index in [4.69, 9.17) is 5.73 Å². The van der Waals surface area contributed by atoms with Crippen molar-refractivity contribution in [3.63, 3.8) is 0 Å². The van der Waals surface area contributed by atoms with E-state index in [1.165, 1.54) is 0 Å². The molecular weight excluding hydrogens is 248 g/mol. The topological polar surface area (TPSA) is 63.4 Å². The molecule has 100 valence electrons. The van der Waals surface area contributed by atoms with Gasteiger partial charge in [0.05, 0.1) is 4.90 Å². The van der Waals surface area contributed by atoms with E-state index < -0.39 is 10.0 Å². The normalized spacial score (nSPS) is 21.3. The highest BCUT2D eigenvalue weighted by atomic mass is 32.2. The highest BCUT2D eigenvalue weighted by Crippen LogP contribution is 2.27. The third-order valence-electron chi connectivity index (χ3n) is 3.56. The molecule has 2 rings (SSSR count). The predicted octanol–water partition coefficient (Wildman–Crippen LogP) is 1.71. The Bertz CT molecular complexity index is 496. The van der Waals surface area contributed by atoms with Crippen molar-refractivity contribution in [1.82, 2.24) is 4.31 Å². The van der Waals surface area contributed by atoms with Crippen LogP contribution in [0.15, 0.2) is 29.2 Å². The minimum absolute atomic E-state index is 0.157. The van der Waals surface area contributed by atoms with Gasteiger partial charge in [-0.05, 0) is 37.0 Å². The van der Waals surface area contributed by atoms with Crippen LogP contribution in [0, 0.1) is 0 Å². The van der Waals surface area contributed by atoms with E-state index in [9.17, 15) is 8.42 Å². The van der Waals surface area contributed by atoms with Crippen LogP contribution in [0.25, 0.3) is 0 Å². The van der Waals surface area contributed by atoms with Crippen molar-refractivity contribution in [3.05, 3.63) is 29.8 Å². The number of rotatable bonds is 4. The molecule has 0 spiro atoms. The molecule has 0 aliphatic carbocycles. The van der Waals surface area contributed by atoms with Crippen LogP contribution in [-0.4, -0.2) is 25.3 Å². The molecule has 0 bridgehead atoms. The quantitative estimate of drug-likeness (QED) is 0.904. The zero-order valence-corrected chi connectivity index (χ0v) is 11.5. The second kappa shape index (κ2) is 5.38. The molecule has 1 saturated heterocycles. The summed E-state index contributed by atoms with van der Waals surface area (Å²) in [7, 11) is -3.33. The Morgan fingerprint density at radius 2 is 2.00 bits per heavy atom. The number of hydrogen-bond donors (Lipinski definition) is 1. The van der Waals surface area contributed by atoms with Gasteiger partial charge in [-0.2, -0.15) is 4.31 Å². The van der Waals surface area contributed by atoms with Crippen LogP contribution < -0.4 is 5.73 Å². The third kappa shape index (κ3) is 2.43. The van der Waals surface area contributed by atoms with E-state index in [1.807, 2.05) is 6.92 Å². The van der Waals surface area contributed by atoms with Gasteiger partial charge in [0.2, 0.25) is 10.0 Å². The van der Waals surface area contributed by atoms with Crippen LogP contribution in [0.1, 0.15) is 31.7 Å². The Balaban J connectivity index is 2.29. The van der Waals surface area contributed by atoms with Crippen LogP contribution in [0.5, 0.6) is 0 Å². The molecule has 1 aliphatic rings. The Hall–Kier alpha value is -0.910. The molecule has 0 radical (unpaired) electrons. The van der Waals surface area contributed by atoms with Crippen molar-refractivity contribution < 1.29 is 8.42 Å². The fourth-order valence-electron chi connectivity index (χ4n) is 2.47. The summed E-state index contributed by atoms with van der Waals surface area (Å²) in [5.41, 5.74) is 6.46. The SMILES string of the molecule is CCC1CCCN1S(=O)(=O)c1ccc(CN)cc1. The molecule has 1 aromatic carbocycles. The smallest absolute Gasteiger partial charge is 0.243 e. The van der Waals surface area contributed by atoms with E-state index >= 15 is 0 Å². The molecule has 1 unspecified atom stereocenters. The van der Waals surface area contributed by atoms with Crippen molar-refractivity contribution >= 4 is 10.0 Å². The molecule has 1 aliphatic heterocycles. The largest absolute Gasteiger partial charge is 0.326 e. The van der Waals surface area contributed by atoms with Crippen LogP contribution >= 0.6 is 0 Å². The van der Waals surface area contributed by atoms with Gasteiger partial charge in [-0.1, -0.05) is 19.1 Å². The lowest BCUT2D eigenvalue weighted by Crippen LogP contribution is -2.35. The molecule has 4 nitrogen and oxygen atoms in total. The van der Waals surface area contributed by atoms with Gasteiger partial charge in [0.15, 0.2) is 0 Å². The second-order valence-corrected chi connectivity index (χ2v) is 6.56. The first-order chi connectivity index (χ1) is 8.59. The molecule has 2 N–H and O–H groups in total. The van der Waals surface area contributed by atoms with E-state index in [-0.39, 0.29) is 6.04 Å². The summed E-state index contributed by atoms with van der Waals surface area (Å²) < 4.78 is 26.6. The summed E-state index contributed by atoms with van der Waals surface area (Å²) in [6, 6.07) is 7.03. The lowest BCUT2D eigenvalue weighted by Gasteiger charge is -2.23. The van der Waals surface area contributed by atoms with Gasteiger partial charge in [-0.25, -0.2) is 8.42 Å². The van der Waals surface area contributed by atoms with E-state index in [0.717, 1.165) is 24.8 Å². The molecule has 1 aromatic rings. The van der Waals surface area contributed by atoms with Gasteiger partial charge in [0.1, 0.15) is 0 Å². The average molecular weight is 268 g/mol. The molecule has 0 amide bonds. The average Bonchev–Trinajstić information content (AvgIpc) is 2.88. The second-order valence-electron chi connectivity index (χ2n) is 4.67. The summed E-state index contributed by atoms with van der Waals surface area (Å²) in [4.78, 5) is 0.375. The summed E-state index contributed by atoms with van der Waals surface area (Å²) in [6.45, 7) is 3.11. The monoisotopic (exact) mass is 268 g/mol. The molecule has 0 saturated carbocycles. The molecule has 1 fully saturated rings. The van der Waals surface area contributed by atoms with Gasteiger partial charge in [0.25, 0.3) is 0 Å². The fourth-order valence-corrected chi connectivity index (χ4v) is 4.23. The Morgan fingerprint density at radius 3 is 2.56 bits per heavy atom. The zero-order valence-electron chi connectivity index (χ0n) is 10.7. The van der Waals surface area contributed by atoms with Gasteiger partial charge in [-0.15, -0.1) is 0 Å².